The van der Waals surface area contributed by atoms with Crippen molar-refractivity contribution in [3.05, 3.63) is 182 Å². The third kappa shape index (κ3) is 4.81. The van der Waals surface area contributed by atoms with E-state index in [-0.39, 0.29) is 0 Å². The van der Waals surface area contributed by atoms with E-state index in [9.17, 15) is 0 Å². The van der Waals surface area contributed by atoms with Crippen molar-refractivity contribution in [1.82, 2.24) is 9.97 Å². The van der Waals surface area contributed by atoms with Gasteiger partial charge < -0.3 is 0 Å². The number of rotatable bonds is 4. The quantitative estimate of drug-likeness (QED) is 0.180. The highest BCUT2D eigenvalue weighted by Crippen LogP contribution is 2.40. The Hall–Kier alpha value is -6.64. The highest BCUT2D eigenvalue weighted by molar-refractivity contribution is 6.23. The first-order valence-corrected chi connectivity index (χ1v) is 17.0. The molecule has 0 bridgehead atoms. The standard InChI is InChI=1S/C48H30N2/c1-2-12-45-44(11-1)46(38-9-4-8-33(26-38)34-13-16-42-30-49-23-21-37(42)25-34)29-41-15-14-39-27-35(17-19-43(39)48(41)45)31-6-3-7-32(24-31)36-18-20-47-40(28-36)10-5-22-50-47/h1-30H. The highest BCUT2D eigenvalue weighted by Gasteiger charge is 2.13. The average molecular weight is 635 g/mol. The van der Waals surface area contributed by atoms with Crippen LogP contribution in [0.15, 0.2) is 182 Å². The van der Waals surface area contributed by atoms with E-state index in [1.807, 2.05) is 24.7 Å². The molecule has 0 unspecified atom stereocenters. The molecule has 10 rings (SSSR count). The average Bonchev–Trinajstić information content (AvgIpc) is 3.20. The summed E-state index contributed by atoms with van der Waals surface area (Å²) in [7, 11) is 0. The molecule has 2 nitrogen and oxygen atoms in total. The zero-order chi connectivity index (χ0) is 33.0. The molecule has 10 aromatic rings. The molecule has 2 heteroatoms. The molecule has 0 spiro atoms. The Balaban J connectivity index is 1.07. The van der Waals surface area contributed by atoms with Crippen LogP contribution >= 0.6 is 0 Å². The van der Waals surface area contributed by atoms with Gasteiger partial charge in [0.05, 0.1) is 5.52 Å². The van der Waals surface area contributed by atoms with Gasteiger partial charge in [0.2, 0.25) is 0 Å². The Morgan fingerprint density at radius 3 is 1.80 bits per heavy atom. The van der Waals surface area contributed by atoms with Crippen molar-refractivity contribution < 1.29 is 0 Å². The van der Waals surface area contributed by atoms with Crippen molar-refractivity contribution >= 4 is 54.0 Å². The molecule has 2 aromatic heterocycles. The van der Waals surface area contributed by atoms with E-state index in [4.69, 9.17) is 0 Å². The number of hydrogen-bond donors (Lipinski definition) is 0. The van der Waals surface area contributed by atoms with Crippen LogP contribution in [0.2, 0.25) is 0 Å². The number of nitrogens with zero attached hydrogens (tertiary/aromatic N) is 2. The fourth-order valence-corrected chi connectivity index (χ4v) is 7.62. The maximum Gasteiger partial charge on any atom is 0.0702 e. The Labute approximate surface area is 290 Å². The van der Waals surface area contributed by atoms with Crippen molar-refractivity contribution in [2.45, 2.75) is 0 Å². The molecule has 0 aliphatic heterocycles. The molecule has 8 aromatic carbocycles. The number of pyridine rings is 2. The maximum absolute atomic E-state index is 4.49. The van der Waals surface area contributed by atoms with Gasteiger partial charge in [0.25, 0.3) is 0 Å². The van der Waals surface area contributed by atoms with Crippen LogP contribution in [0.25, 0.3) is 98.5 Å². The van der Waals surface area contributed by atoms with Crippen LogP contribution in [0.4, 0.5) is 0 Å². The molecule has 50 heavy (non-hydrogen) atoms. The number of benzene rings is 8. The van der Waals surface area contributed by atoms with Gasteiger partial charge in [-0.25, -0.2) is 0 Å². The second kappa shape index (κ2) is 11.5. The van der Waals surface area contributed by atoms with E-state index in [0.717, 1.165) is 16.3 Å². The summed E-state index contributed by atoms with van der Waals surface area (Å²) in [6.07, 6.45) is 5.62. The van der Waals surface area contributed by atoms with Gasteiger partial charge in [-0.2, -0.15) is 0 Å². The van der Waals surface area contributed by atoms with Crippen molar-refractivity contribution in [1.29, 1.82) is 0 Å². The molecule has 2 heterocycles. The van der Waals surface area contributed by atoms with E-state index in [0.29, 0.717) is 0 Å². The van der Waals surface area contributed by atoms with Crippen LogP contribution in [-0.4, -0.2) is 9.97 Å². The SMILES string of the molecule is c1cc(-c2ccc3ncccc3c2)cc(-c2ccc3c(ccc4cc(-c5cccc(-c6ccc7cnccc7c6)c5)c5ccccc5c43)c2)c1. The summed E-state index contributed by atoms with van der Waals surface area (Å²) in [5.41, 5.74) is 10.7. The number of fused-ring (bicyclic) bond motifs is 7. The minimum Gasteiger partial charge on any atom is -0.264 e. The van der Waals surface area contributed by atoms with Crippen LogP contribution < -0.4 is 0 Å². The van der Waals surface area contributed by atoms with E-state index >= 15 is 0 Å². The third-order valence-corrected chi connectivity index (χ3v) is 10.1. The minimum atomic E-state index is 1.02. The molecule has 0 fully saturated rings. The van der Waals surface area contributed by atoms with Gasteiger partial charge in [0.15, 0.2) is 0 Å². The number of aromatic nitrogens is 2. The van der Waals surface area contributed by atoms with Gasteiger partial charge in [0.1, 0.15) is 0 Å². The van der Waals surface area contributed by atoms with Gasteiger partial charge in [-0.05, 0) is 137 Å². The van der Waals surface area contributed by atoms with Crippen molar-refractivity contribution in [2.75, 3.05) is 0 Å². The van der Waals surface area contributed by atoms with E-state index in [1.54, 1.807) is 0 Å². The minimum absolute atomic E-state index is 1.02. The van der Waals surface area contributed by atoms with Gasteiger partial charge in [-0.15, -0.1) is 0 Å². The first-order valence-electron chi connectivity index (χ1n) is 17.0. The monoisotopic (exact) mass is 634 g/mol. The number of hydrogen-bond acceptors (Lipinski definition) is 2. The van der Waals surface area contributed by atoms with E-state index in [1.165, 1.54) is 82.2 Å². The second-order valence-corrected chi connectivity index (χ2v) is 13.1. The zero-order valence-corrected chi connectivity index (χ0v) is 27.2. The Morgan fingerprint density at radius 1 is 0.320 bits per heavy atom. The van der Waals surface area contributed by atoms with Crippen LogP contribution in [0.1, 0.15) is 0 Å². The van der Waals surface area contributed by atoms with Gasteiger partial charge in [-0.3, -0.25) is 9.97 Å². The van der Waals surface area contributed by atoms with Crippen LogP contribution in [0.3, 0.4) is 0 Å². The molecular formula is C48H30N2. The first kappa shape index (κ1) is 28.4. The van der Waals surface area contributed by atoms with Crippen molar-refractivity contribution in [3.8, 4) is 44.5 Å². The van der Waals surface area contributed by atoms with E-state index < -0.39 is 0 Å². The molecule has 0 saturated heterocycles. The van der Waals surface area contributed by atoms with Gasteiger partial charge in [-0.1, -0.05) is 109 Å². The smallest absolute Gasteiger partial charge is 0.0702 e. The lowest BCUT2D eigenvalue weighted by Gasteiger charge is -2.15. The van der Waals surface area contributed by atoms with Gasteiger partial charge >= 0.3 is 0 Å². The van der Waals surface area contributed by atoms with Crippen LogP contribution in [-0.2, 0) is 0 Å². The topological polar surface area (TPSA) is 25.8 Å². The predicted octanol–water partition coefficient (Wildman–Crippen LogP) is 12.9. The molecule has 0 radical (unpaired) electrons. The molecular weight excluding hydrogens is 605 g/mol. The van der Waals surface area contributed by atoms with Crippen molar-refractivity contribution in [2.24, 2.45) is 0 Å². The lowest BCUT2D eigenvalue weighted by Crippen LogP contribution is -1.88. The fraction of sp³-hybridized carbons (Fsp3) is 0. The summed E-state index contributed by atoms with van der Waals surface area (Å²) in [5.74, 6) is 0. The highest BCUT2D eigenvalue weighted by atomic mass is 14.6. The summed E-state index contributed by atoms with van der Waals surface area (Å²) in [5, 5.41) is 11.1. The molecule has 232 valence electrons. The third-order valence-electron chi connectivity index (χ3n) is 10.1. The molecule has 0 aliphatic carbocycles. The predicted molar refractivity (Wildman–Crippen MR) is 211 cm³/mol. The molecule has 0 aliphatic rings. The molecule has 0 saturated carbocycles. The second-order valence-electron chi connectivity index (χ2n) is 13.1. The Kier molecular flexibility index (Phi) is 6.53. The summed E-state index contributed by atoms with van der Waals surface area (Å²) in [6.45, 7) is 0. The first-order chi connectivity index (χ1) is 24.7. The van der Waals surface area contributed by atoms with Crippen LogP contribution in [0, 0.1) is 0 Å². The zero-order valence-electron chi connectivity index (χ0n) is 27.2. The largest absolute Gasteiger partial charge is 0.264 e. The lowest BCUT2D eigenvalue weighted by molar-refractivity contribution is 1.36. The molecule has 0 N–H and O–H groups in total. The summed E-state index contributed by atoms with van der Waals surface area (Å²) in [6, 6.07) is 59.8. The lowest BCUT2D eigenvalue weighted by atomic mass is 9.89. The Bertz CT molecular complexity index is 2940. The van der Waals surface area contributed by atoms with E-state index in [2.05, 4.69) is 168 Å². The Morgan fingerprint density at radius 2 is 0.960 bits per heavy atom. The summed E-state index contributed by atoms with van der Waals surface area (Å²) >= 11 is 0. The van der Waals surface area contributed by atoms with Crippen LogP contribution in [0.5, 0.6) is 0 Å². The molecule has 0 amide bonds. The normalized spacial score (nSPS) is 11.6. The fourth-order valence-electron chi connectivity index (χ4n) is 7.62. The van der Waals surface area contributed by atoms with Gasteiger partial charge in [0, 0.05) is 29.4 Å². The maximum atomic E-state index is 4.49. The summed E-state index contributed by atoms with van der Waals surface area (Å²) in [4.78, 5) is 8.77. The van der Waals surface area contributed by atoms with Crippen molar-refractivity contribution in [3.63, 3.8) is 0 Å². The molecule has 0 atom stereocenters. The summed E-state index contributed by atoms with van der Waals surface area (Å²) < 4.78 is 0.